The summed E-state index contributed by atoms with van der Waals surface area (Å²) in [5.41, 5.74) is 8.37. The zero-order valence-electron chi connectivity index (χ0n) is 10.5. The van der Waals surface area contributed by atoms with Crippen LogP contribution in [0.25, 0.3) is 0 Å². The third-order valence-electron chi connectivity index (χ3n) is 2.73. The number of hydrogen-bond donors (Lipinski definition) is 2. The first-order valence-corrected chi connectivity index (χ1v) is 7.08. The normalized spacial score (nSPS) is 10.2. The van der Waals surface area contributed by atoms with Gasteiger partial charge in [-0.25, -0.2) is 0 Å². The van der Waals surface area contributed by atoms with Gasteiger partial charge in [0.05, 0.1) is 4.88 Å². The Morgan fingerprint density at radius 1 is 1.42 bits per heavy atom. The molecule has 0 saturated heterocycles. The van der Waals surface area contributed by atoms with Crippen LogP contribution in [0.5, 0.6) is 0 Å². The number of thiocarbonyl (C=S) groups is 1. The van der Waals surface area contributed by atoms with Crippen LogP contribution < -0.4 is 11.1 Å². The summed E-state index contributed by atoms with van der Waals surface area (Å²) in [5.74, 6) is -0.0479. The molecular formula is C14H14N2OS2. The highest BCUT2D eigenvalue weighted by molar-refractivity contribution is 7.80. The van der Waals surface area contributed by atoms with Gasteiger partial charge in [0.1, 0.15) is 4.99 Å². The maximum Gasteiger partial charge on any atom is 0.261 e. The van der Waals surface area contributed by atoms with Crippen LogP contribution in [0, 0.1) is 6.92 Å². The number of rotatable bonds is 4. The smallest absolute Gasteiger partial charge is 0.261 e. The van der Waals surface area contributed by atoms with Gasteiger partial charge in [0, 0.05) is 12.1 Å². The van der Waals surface area contributed by atoms with Crippen LogP contribution in [0.4, 0.5) is 0 Å². The van der Waals surface area contributed by atoms with Gasteiger partial charge in [0.25, 0.3) is 5.91 Å². The average molecular weight is 290 g/mol. The zero-order chi connectivity index (χ0) is 13.8. The lowest BCUT2D eigenvalue weighted by molar-refractivity contribution is 0.0954. The predicted octanol–water partition coefficient (Wildman–Crippen LogP) is 2.62. The van der Waals surface area contributed by atoms with Gasteiger partial charge in [-0.2, -0.15) is 0 Å². The molecule has 0 saturated carbocycles. The molecule has 0 aliphatic carbocycles. The van der Waals surface area contributed by atoms with Crippen LogP contribution in [-0.4, -0.2) is 10.9 Å². The molecule has 0 atom stereocenters. The first kappa shape index (κ1) is 13.7. The Balaban J connectivity index is 2.03. The number of aryl methyl sites for hydroxylation is 1. The molecule has 3 nitrogen and oxygen atoms in total. The Morgan fingerprint density at radius 2 is 2.21 bits per heavy atom. The molecule has 1 aromatic carbocycles. The van der Waals surface area contributed by atoms with Gasteiger partial charge in [0.2, 0.25) is 0 Å². The van der Waals surface area contributed by atoms with E-state index in [9.17, 15) is 4.79 Å². The van der Waals surface area contributed by atoms with Crippen molar-refractivity contribution in [1.82, 2.24) is 5.32 Å². The van der Waals surface area contributed by atoms with Gasteiger partial charge in [-0.05, 0) is 35.6 Å². The Kier molecular flexibility index (Phi) is 4.29. The van der Waals surface area contributed by atoms with Crippen molar-refractivity contribution in [1.29, 1.82) is 0 Å². The molecular weight excluding hydrogens is 276 g/mol. The standard InChI is InChI=1S/C14H14N2OS2/c1-9-5-6-19-12(9)14(17)16-8-10-3-2-4-11(7-10)13(15)18/h2-7H,8H2,1H3,(H2,15,18)(H,16,17). The number of amides is 1. The van der Waals surface area contributed by atoms with Gasteiger partial charge in [-0.1, -0.05) is 30.4 Å². The summed E-state index contributed by atoms with van der Waals surface area (Å²) in [6, 6.07) is 9.50. The van der Waals surface area contributed by atoms with E-state index in [1.54, 1.807) is 0 Å². The lowest BCUT2D eigenvalue weighted by Gasteiger charge is -2.06. The second kappa shape index (κ2) is 5.95. The molecule has 98 valence electrons. The van der Waals surface area contributed by atoms with Crippen molar-refractivity contribution in [2.75, 3.05) is 0 Å². The first-order valence-electron chi connectivity index (χ1n) is 5.79. The number of carbonyl (C=O) groups excluding carboxylic acids is 1. The quantitative estimate of drug-likeness (QED) is 0.851. The van der Waals surface area contributed by atoms with E-state index in [1.165, 1.54) is 11.3 Å². The van der Waals surface area contributed by atoms with Crippen LogP contribution in [0.1, 0.15) is 26.4 Å². The van der Waals surface area contributed by atoms with E-state index in [1.807, 2.05) is 42.6 Å². The Hall–Kier alpha value is -1.72. The highest BCUT2D eigenvalue weighted by atomic mass is 32.1. The van der Waals surface area contributed by atoms with Crippen LogP contribution >= 0.6 is 23.6 Å². The number of carbonyl (C=O) groups is 1. The number of hydrogen-bond acceptors (Lipinski definition) is 3. The van der Waals surface area contributed by atoms with E-state index in [-0.39, 0.29) is 5.91 Å². The van der Waals surface area contributed by atoms with Gasteiger partial charge >= 0.3 is 0 Å². The second-order valence-corrected chi connectivity index (χ2v) is 5.54. The molecule has 1 heterocycles. The van der Waals surface area contributed by atoms with Crippen LogP contribution in [0.2, 0.25) is 0 Å². The highest BCUT2D eigenvalue weighted by Crippen LogP contribution is 2.15. The first-order chi connectivity index (χ1) is 9.08. The molecule has 0 fully saturated rings. The van der Waals surface area contributed by atoms with Crippen molar-refractivity contribution in [2.24, 2.45) is 5.73 Å². The molecule has 0 aliphatic rings. The fourth-order valence-electron chi connectivity index (χ4n) is 1.70. The minimum Gasteiger partial charge on any atom is -0.389 e. The molecule has 2 rings (SSSR count). The Morgan fingerprint density at radius 3 is 2.84 bits per heavy atom. The maximum absolute atomic E-state index is 12.0. The lowest BCUT2D eigenvalue weighted by Crippen LogP contribution is -2.22. The van der Waals surface area contributed by atoms with Crippen molar-refractivity contribution >= 4 is 34.5 Å². The molecule has 0 spiro atoms. The maximum atomic E-state index is 12.0. The molecule has 0 radical (unpaired) electrons. The molecule has 0 unspecified atom stereocenters. The van der Waals surface area contributed by atoms with Crippen molar-refractivity contribution in [3.63, 3.8) is 0 Å². The fourth-order valence-corrected chi connectivity index (χ4v) is 2.67. The summed E-state index contributed by atoms with van der Waals surface area (Å²) < 4.78 is 0. The van der Waals surface area contributed by atoms with Crippen molar-refractivity contribution in [3.05, 3.63) is 57.3 Å². The largest absolute Gasteiger partial charge is 0.389 e. The summed E-state index contributed by atoms with van der Waals surface area (Å²) in [6.07, 6.45) is 0. The van der Waals surface area contributed by atoms with E-state index in [4.69, 9.17) is 18.0 Å². The molecule has 1 aromatic heterocycles. The summed E-state index contributed by atoms with van der Waals surface area (Å²) in [6.45, 7) is 2.39. The molecule has 5 heteroatoms. The van der Waals surface area contributed by atoms with Gasteiger partial charge in [0.15, 0.2) is 0 Å². The Labute approximate surface area is 121 Å². The van der Waals surface area contributed by atoms with Crippen molar-refractivity contribution in [2.45, 2.75) is 13.5 Å². The zero-order valence-corrected chi connectivity index (χ0v) is 12.1. The third-order valence-corrected chi connectivity index (χ3v) is 3.98. The van der Waals surface area contributed by atoms with Crippen molar-refractivity contribution < 1.29 is 4.79 Å². The fraction of sp³-hybridized carbons (Fsp3) is 0.143. The average Bonchev–Trinajstić information content (AvgIpc) is 2.82. The van der Waals surface area contributed by atoms with E-state index in [0.717, 1.165) is 21.6 Å². The third kappa shape index (κ3) is 3.39. The van der Waals surface area contributed by atoms with Crippen molar-refractivity contribution in [3.8, 4) is 0 Å². The topological polar surface area (TPSA) is 55.1 Å². The lowest BCUT2D eigenvalue weighted by atomic mass is 10.1. The molecule has 1 amide bonds. The van der Waals surface area contributed by atoms with Crippen LogP contribution in [0.3, 0.4) is 0 Å². The van der Waals surface area contributed by atoms with E-state index in [2.05, 4.69) is 5.32 Å². The molecule has 3 N–H and O–H groups in total. The van der Waals surface area contributed by atoms with E-state index >= 15 is 0 Å². The summed E-state index contributed by atoms with van der Waals surface area (Å²) in [5, 5.41) is 4.81. The van der Waals surface area contributed by atoms with Crippen LogP contribution in [0.15, 0.2) is 35.7 Å². The van der Waals surface area contributed by atoms with E-state index < -0.39 is 0 Å². The summed E-state index contributed by atoms with van der Waals surface area (Å²) in [7, 11) is 0. The molecule has 0 bridgehead atoms. The SMILES string of the molecule is Cc1ccsc1C(=O)NCc1cccc(C(N)=S)c1. The van der Waals surface area contributed by atoms with Gasteiger partial charge in [-0.3, -0.25) is 4.79 Å². The number of benzene rings is 1. The van der Waals surface area contributed by atoms with Gasteiger partial charge < -0.3 is 11.1 Å². The highest BCUT2D eigenvalue weighted by Gasteiger charge is 2.09. The monoisotopic (exact) mass is 290 g/mol. The van der Waals surface area contributed by atoms with Crippen LogP contribution in [-0.2, 0) is 6.54 Å². The van der Waals surface area contributed by atoms with E-state index in [0.29, 0.717) is 11.5 Å². The number of nitrogens with one attached hydrogen (secondary N) is 1. The molecule has 2 aromatic rings. The summed E-state index contributed by atoms with van der Waals surface area (Å²) in [4.78, 5) is 13.1. The number of nitrogens with two attached hydrogens (primary N) is 1. The van der Waals surface area contributed by atoms with Gasteiger partial charge in [-0.15, -0.1) is 11.3 Å². The number of thiophene rings is 1. The minimum absolute atomic E-state index is 0.0479. The minimum atomic E-state index is -0.0479. The summed E-state index contributed by atoms with van der Waals surface area (Å²) >= 11 is 6.38. The molecule has 19 heavy (non-hydrogen) atoms. The predicted molar refractivity (Wildman–Crippen MR) is 82.6 cm³/mol. The Bertz CT molecular complexity index is 619. The molecule has 0 aliphatic heterocycles. The second-order valence-electron chi connectivity index (χ2n) is 4.18.